The highest BCUT2D eigenvalue weighted by Crippen LogP contribution is 2.25. The van der Waals surface area contributed by atoms with Gasteiger partial charge in [-0.1, -0.05) is 29.8 Å². The number of hydrogen-bond acceptors (Lipinski definition) is 8. The van der Waals surface area contributed by atoms with Crippen molar-refractivity contribution >= 4 is 41.0 Å². The summed E-state index contributed by atoms with van der Waals surface area (Å²) in [5.41, 5.74) is 0.638. The van der Waals surface area contributed by atoms with Crippen LogP contribution in [0.15, 0.2) is 35.5 Å². The minimum Gasteiger partial charge on any atom is -0.497 e. The van der Waals surface area contributed by atoms with E-state index in [9.17, 15) is 9.59 Å². The van der Waals surface area contributed by atoms with Crippen LogP contribution >= 0.6 is 23.4 Å². The first-order valence-corrected chi connectivity index (χ1v) is 14.2. The van der Waals surface area contributed by atoms with E-state index >= 15 is 0 Å². The van der Waals surface area contributed by atoms with E-state index in [1.54, 1.807) is 37.4 Å². The number of halogens is 1. The summed E-state index contributed by atoms with van der Waals surface area (Å²) in [5, 5.41) is 3.80. The van der Waals surface area contributed by atoms with Crippen LogP contribution in [0.4, 0.5) is 5.82 Å². The number of hydrogen-bond donors (Lipinski definition) is 1. The molecule has 2 saturated heterocycles. The van der Waals surface area contributed by atoms with Crippen molar-refractivity contribution < 1.29 is 14.3 Å². The molecule has 4 rings (SSSR count). The lowest BCUT2D eigenvalue weighted by molar-refractivity contribution is -0.118. The van der Waals surface area contributed by atoms with Gasteiger partial charge >= 0.3 is 0 Å². The van der Waals surface area contributed by atoms with Gasteiger partial charge in [0.2, 0.25) is 5.91 Å². The molecule has 2 aliphatic rings. The molecule has 1 aromatic carbocycles. The number of benzene rings is 1. The second-order valence-corrected chi connectivity index (χ2v) is 10.7. The molecule has 2 aromatic rings. The van der Waals surface area contributed by atoms with Crippen molar-refractivity contribution in [1.82, 2.24) is 25.1 Å². The summed E-state index contributed by atoms with van der Waals surface area (Å²) >= 11 is 7.58. The number of carbonyl (C=O) groups excluding carboxylic acids is 2. The lowest BCUT2D eigenvalue weighted by Crippen LogP contribution is -2.54. The van der Waals surface area contributed by atoms with Crippen molar-refractivity contribution in [2.24, 2.45) is 0 Å². The summed E-state index contributed by atoms with van der Waals surface area (Å²) in [6, 6.07) is 8.89. The maximum absolute atomic E-state index is 13.1. The van der Waals surface area contributed by atoms with Crippen LogP contribution in [-0.2, 0) is 4.79 Å². The Kier molecular flexibility index (Phi) is 9.88. The molecule has 0 saturated carbocycles. The predicted molar refractivity (Wildman–Crippen MR) is 147 cm³/mol. The quantitative estimate of drug-likeness (QED) is 0.291. The second-order valence-electron chi connectivity index (χ2n) is 9.39. The topological polar surface area (TPSA) is 90.9 Å². The minimum absolute atomic E-state index is 0.00179. The average Bonchev–Trinajstić information content (AvgIpc) is 2.92. The van der Waals surface area contributed by atoms with Crippen molar-refractivity contribution in [3.63, 3.8) is 0 Å². The van der Waals surface area contributed by atoms with Gasteiger partial charge in [0.25, 0.3) is 5.91 Å². The number of likely N-dealkylation sites (tertiary alicyclic amines) is 1. The van der Waals surface area contributed by atoms with Gasteiger partial charge in [-0.2, -0.15) is 0 Å². The Balaban J connectivity index is 1.28. The standard InChI is InChI=1S/C26H35ClN6O3S/c1-19-17-32(14-15-33(19)25(35)20-6-8-21(36-2)9-7-20)23-16-22(27)29-26(30-23)37-18-24(34)28-10-13-31-11-4-3-5-12-31/h6-9,16,19H,3-5,10-15,17-18H2,1-2H3,(H,28,34). The fraction of sp³-hybridized carbons (Fsp3) is 0.538. The van der Waals surface area contributed by atoms with Gasteiger partial charge < -0.3 is 24.8 Å². The molecule has 1 atom stereocenters. The molecular weight excluding hydrogens is 512 g/mol. The largest absolute Gasteiger partial charge is 0.497 e. The molecule has 0 bridgehead atoms. The zero-order valence-corrected chi connectivity index (χ0v) is 23.1. The number of aromatic nitrogens is 2. The Morgan fingerprint density at radius 1 is 1.11 bits per heavy atom. The third-order valence-corrected chi connectivity index (χ3v) is 7.78. The molecule has 0 spiro atoms. The summed E-state index contributed by atoms with van der Waals surface area (Å²) in [6.45, 7) is 7.61. The zero-order valence-electron chi connectivity index (χ0n) is 21.5. The van der Waals surface area contributed by atoms with Gasteiger partial charge in [-0.15, -0.1) is 0 Å². The first kappa shape index (κ1) is 27.5. The molecule has 0 aliphatic carbocycles. The number of nitrogens with zero attached hydrogens (tertiary/aromatic N) is 5. The molecule has 1 N–H and O–H groups in total. The van der Waals surface area contributed by atoms with Crippen LogP contribution in [0.25, 0.3) is 0 Å². The number of piperazine rings is 1. The number of piperidine rings is 1. The fourth-order valence-corrected chi connectivity index (χ4v) is 5.61. The number of carbonyl (C=O) groups is 2. The van der Waals surface area contributed by atoms with Crippen LogP contribution in [0.3, 0.4) is 0 Å². The molecule has 2 amide bonds. The molecule has 1 unspecified atom stereocenters. The van der Waals surface area contributed by atoms with Crippen molar-refractivity contribution in [3.8, 4) is 5.75 Å². The van der Waals surface area contributed by atoms with Crippen molar-refractivity contribution in [1.29, 1.82) is 0 Å². The monoisotopic (exact) mass is 546 g/mol. The Bertz CT molecular complexity index is 1070. The van der Waals surface area contributed by atoms with E-state index in [1.165, 1.54) is 31.0 Å². The summed E-state index contributed by atoms with van der Waals surface area (Å²) in [7, 11) is 1.60. The van der Waals surface area contributed by atoms with Gasteiger partial charge in [-0.25, -0.2) is 9.97 Å². The van der Waals surface area contributed by atoms with E-state index in [0.29, 0.717) is 47.9 Å². The van der Waals surface area contributed by atoms with Crippen LogP contribution in [0.1, 0.15) is 36.5 Å². The number of nitrogens with one attached hydrogen (secondary N) is 1. The van der Waals surface area contributed by atoms with E-state index in [-0.39, 0.29) is 23.6 Å². The van der Waals surface area contributed by atoms with E-state index in [4.69, 9.17) is 16.3 Å². The molecule has 11 heteroatoms. The van der Waals surface area contributed by atoms with E-state index in [0.717, 1.165) is 25.4 Å². The third-order valence-electron chi connectivity index (χ3n) is 6.74. The lowest BCUT2D eigenvalue weighted by Gasteiger charge is -2.40. The van der Waals surface area contributed by atoms with Gasteiger partial charge in [0, 0.05) is 50.4 Å². The summed E-state index contributed by atoms with van der Waals surface area (Å²) < 4.78 is 5.19. The van der Waals surface area contributed by atoms with Gasteiger partial charge in [0.1, 0.15) is 16.7 Å². The number of anilines is 1. The Hall–Kier alpha value is -2.56. The van der Waals surface area contributed by atoms with Crippen LogP contribution in [-0.4, -0.2) is 96.3 Å². The Morgan fingerprint density at radius 2 is 1.86 bits per heavy atom. The van der Waals surface area contributed by atoms with E-state index in [2.05, 4.69) is 25.1 Å². The predicted octanol–water partition coefficient (Wildman–Crippen LogP) is 3.18. The van der Waals surface area contributed by atoms with Crippen LogP contribution in [0.5, 0.6) is 5.75 Å². The highest BCUT2D eigenvalue weighted by molar-refractivity contribution is 7.99. The molecule has 200 valence electrons. The molecule has 9 nitrogen and oxygen atoms in total. The Labute approximate surface area is 227 Å². The lowest BCUT2D eigenvalue weighted by atomic mass is 10.1. The maximum Gasteiger partial charge on any atom is 0.254 e. The molecule has 3 heterocycles. The summed E-state index contributed by atoms with van der Waals surface area (Å²) in [6.07, 6.45) is 3.79. The number of ether oxygens (including phenoxy) is 1. The molecular formula is C26H35ClN6O3S. The van der Waals surface area contributed by atoms with Gasteiger partial charge in [0.15, 0.2) is 5.16 Å². The number of methoxy groups -OCH3 is 1. The van der Waals surface area contributed by atoms with E-state index in [1.807, 2.05) is 11.8 Å². The van der Waals surface area contributed by atoms with Gasteiger partial charge in [0.05, 0.1) is 12.9 Å². The average molecular weight is 547 g/mol. The zero-order chi connectivity index (χ0) is 26.2. The maximum atomic E-state index is 13.1. The van der Waals surface area contributed by atoms with E-state index < -0.39 is 0 Å². The Morgan fingerprint density at radius 3 is 2.57 bits per heavy atom. The highest BCUT2D eigenvalue weighted by atomic mass is 35.5. The third kappa shape index (κ3) is 7.72. The number of rotatable bonds is 9. The SMILES string of the molecule is COc1ccc(C(=O)N2CCN(c3cc(Cl)nc(SCC(=O)NCCN4CCCCC4)n3)CC2C)cc1. The molecule has 1 aromatic heterocycles. The highest BCUT2D eigenvalue weighted by Gasteiger charge is 2.29. The first-order chi connectivity index (χ1) is 17.9. The summed E-state index contributed by atoms with van der Waals surface area (Å²) in [5.74, 6) is 1.62. The van der Waals surface area contributed by atoms with Gasteiger partial charge in [-0.3, -0.25) is 9.59 Å². The second kappa shape index (κ2) is 13.3. The van der Waals surface area contributed by atoms with Crippen molar-refractivity contribution in [2.75, 3.05) is 63.6 Å². The van der Waals surface area contributed by atoms with Crippen LogP contribution in [0.2, 0.25) is 5.15 Å². The molecule has 0 radical (unpaired) electrons. The van der Waals surface area contributed by atoms with Crippen molar-refractivity contribution in [3.05, 3.63) is 41.0 Å². The van der Waals surface area contributed by atoms with Crippen molar-refractivity contribution in [2.45, 2.75) is 37.4 Å². The number of thioether (sulfide) groups is 1. The molecule has 2 fully saturated rings. The van der Waals surface area contributed by atoms with Gasteiger partial charge in [-0.05, 0) is 57.1 Å². The fourth-order valence-electron chi connectivity index (χ4n) is 4.70. The molecule has 37 heavy (non-hydrogen) atoms. The molecule has 2 aliphatic heterocycles. The first-order valence-electron chi connectivity index (χ1n) is 12.8. The van der Waals surface area contributed by atoms with Crippen LogP contribution in [0, 0.1) is 0 Å². The smallest absolute Gasteiger partial charge is 0.254 e. The minimum atomic E-state index is -0.0357. The van der Waals surface area contributed by atoms with Crippen LogP contribution < -0.4 is 15.0 Å². The summed E-state index contributed by atoms with van der Waals surface area (Å²) in [4.78, 5) is 40.7. The number of amides is 2. The normalized spacial score (nSPS) is 18.5.